The Bertz CT molecular complexity index is 213. The van der Waals surface area contributed by atoms with Crippen LogP contribution < -0.4 is 0 Å². The molecule has 0 rings (SSSR count). The minimum Gasteiger partial charge on any atom is 0 e. The smallest absolute Gasteiger partial charge is 0 e. The molecule has 0 aromatic rings. The summed E-state index contributed by atoms with van der Waals surface area (Å²) in [4.78, 5) is 2.71. The van der Waals surface area contributed by atoms with E-state index in [1.807, 2.05) is 0 Å². The van der Waals surface area contributed by atoms with Crippen molar-refractivity contribution in [2.45, 2.75) is 0 Å². The average molecular weight is 280 g/mol. The van der Waals surface area contributed by atoms with Crippen molar-refractivity contribution in [1.82, 2.24) is 0 Å². The molecule has 0 amide bonds. The summed E-state index contributed by atoms with van der Waals surface area (Å²) in [6.45, 7) is 31.6. The van der Waals surface area contributed by atoms with Gasteiger partial charge in [-0.05, 0) is 0 Å². The Morgan fingerprint density at radius 1 is 0.812 bits per heavy atom. The molecule has 0 aliphatic rings. The molecule has 0 atom stereocenters. The van der Waals surface area contributed by atoms with Gasteiger partial charge in [0.25, 0.3) is 0 Å². The minimum absolute atomic E-state index is 0. The van der Waals surface area contributed by atoms with Gasteiger partial charge in [0, 0.05) is 17.4 Å². The quantitative estimate of drug-likeness (QED) is 0.363. The van der Waals surface area contributed by atoms with Crippen molar-refractivity contribution in [1.29, 1.82) is 0 Å². The van der Waals surface area contributed by atoms with Crippen LogP contribution in [0.5, 0.6) is 0 Å². The van der Waals surface area contributed by atoms with E-state index in [1.54, 1.807) is 0 Å². The first kappa shape index (κ1) is 46.4. The maximum Gasteiger partial charge on any atom is 0 e. The van der Waals surface area contributed by atoms with Crippen LogP contribution >= 0.6 is 11.6 Å². The van der Waals surface area contributed by atoms with Crippen LogP contribution in [0.4, 0.5) is 0 Å². The standard InChI is InChI=1S/C3H2ClN.5CO.Cr/c1-3(4)5-2;5*1-2;/h1H2;;;;;;. The van der Waals surface area contributed by atoms with Gasteiger partial charge in [0.2, 0.25) is 5.16 Å². The second kappa shape index (κ2) is 295. The van der Waals surface area contributed by atoms with E-state index < -0.39 is 0 Å². The van der Waals surface area contributed by atoms with Crippen LogP contribution in [0.3, 0.4) is 0 Å². The van der Waals surface area contributed by atoms with Gasteiger partial charge < -0.3 is 0 Å². The van der Waals surface area contributed by atoms with Gasteiger partial charge in [0.15, 0.2) is 0 Å². The zero-order valence-corrected chi connectivity index (χ0v) is 9.51. The zero-order chi connectivity index (χ0) is 14.3. The zero-order valence-electron chi connectivity index (χ0n) is 7.48. The van der Waals surface area contributed by atoms with Crippen molar-refractivity contribution in [2.24, 2.45) is 0 Å². The fourth-order valence-electron chi connectivity index (χ4n) is 0. The third-order valence-corrected chi connectivity index (χ3v) is 0.206. The second-order valence-corrected chi connectivity index (χ2v) is 0.924. The van der Waals surface area contributed by atoms with Gasteiger partial charge in [-0.3, -0.25) is 0 Å². The monoisotopic (exact) mass is 279 g/mol. The third kappa shape index (κ3) is 3110. The predicted molar refractivity (Wildman–Crippen MR) is 41.2 cm³/mol. The van der Waals surface area contributed by atoms with Gasteiger partial charge in [-0.2, -0.15) is 0 Å². The van der Waals surface area contributed by atoms with E-state index in [-0.39, 0.29) is 22.5 Å². The van der Waals surface area contributed by atoms with Gasteiger partial charge in [0.1, 0.15) is 0 Å². The molecule has 82 valence electrons. The molecule has 16 heavy (non-hydrogen) atoms. The van der Waals surface area contributed by atoms with Crippen molar-refractivity contribution in [3.63, 3.8) is 0 Å². The molecule has 0 aromatic heterocycles. The topological polar surface area (TPSA) is 104 Å². The fraction of sp³-hybridized carbons (Fsp3) is 0. The molecule has 0 saturated carbocycles. The number of rotatable bonds is 0. The van der Waals surface area contributed by atoms with Gasteiger partial charge in [-0.15, -0.1) is 11.6 Å². The third-order valence-electron chi connectivity index (χ3n) is 0.121. The molecule has 0 fully saturated rings. The first-order valence-electron chi connectivity index (χ1n) is 2.01. The summed E-state index contributed by atoms with van der Waals surface area (Å²) in [7, 11) is 0. The maximum absolute atomic E-state index is 7.50. The number of halogens is 1. The number of hydrogen-bond donors (Lipinski definition) is 0. The molecular weight excluding hydrogens is 278 g/mol. The summed E-state index contributed by atoms with van der Waals surface area (Å²) in [6.07, 6.45) is 0. The Hall–Kier alpha value is -1.25. The number of nitrogens with zero attached hydrogens (tertiary/aromatic N) is 1. The molecule has 0 radical (unpaired) electrons. The van der Waals surface area contributed by atoms with E-state index in [2.05, 4.69) is 44.7 Å². The molecule has 8 heteroatoms. The van der Waals surface area contributed by atoms with Crippen molar-refractivity contribution < 1.29 is 40.6 Å². The van der Waals surface area contributed by atoms with Crippen molar-refractivity contribution in [3.05, 3.63) is 56.4 Å². The Morgan fingerprint density at radius 2 is 0.875 bits per heavy atom. The molecule has 0 spiro atoms. The summed E-state index contributed by atoms with van der Waals surface area (Å²) >= 11 is 4.91. The van der Waals surface area contributed by atoms with E-state index in [0.29, 0.717) is 0 Å². The molecule has 0 heterocycles. The second-order valence-electron chi connectivity index (χ2n) is 0.488. The van der Waals surface area contributed by atoms with E-state index in [1.165, 1.54) is 0 Å². The molecule has 0 aliphatic carbocycles. The molecule has 0 N–H and O–H groups in total. The first-order valence-corrected chi connectivity index (χ1v) is 2.39. The Labute approximate surface area is 109 Å². The summed E-state index contributed by atoms with van der Waals surface area (Å²) in [5, 5.41) is 0.0185. The average Bonchev–Trinajstić information content (AvgIpc) is 2.41. The molecule has 0 unspecified atom stereocenters. The molecule has 0 saturated heterocycles. The molecular formula is C8H2ClCrNO5. The molecule has 0 bridgehead atoms. The van der Waals surface area contributed by atoms with Crippen LogP contribution in [0.15, 0.2) is 11.7 Å². The van der Waals surface area contributed by atoms with Crippen LogP contribution in [0.2, 0.25) is 0 Å². The summed E-state index contributed by atoms with van der Waals surface area (Å²) in [6, 6.07) is 0. The van der Waals surface area contributed by atoms with Gasteiger partial charge >= 0.3 is 56.5 Å². The largest absolute Gasteiger partial charge is 0 e. The minimum atomic E-state index is 0. The SMILES string of the molecule is [C-]#[N+]C(=C)Cl.[C-]#[O+].[C-]#[O+].[C-]#[O+].[C-]#[O+].[C-]#[O+].[Cr]. The van der Waals surface area contributed by atoms with Gasteiger partial charge in [-0.1, -0.05) is 6.58 Å². The van der Waals surface area contributed by atoms with Crippen LogP contribution in [-0.2, 0) is 40.6 Å². The Balaban J connectivity index is -0.0000000130. The first-order chi connectivity index (χ1) is 7.27. The van der Waals surface area contributed by atoms with Gasteiger partial charge in [-0.25, -0.2) is 4.85 Å². The van der Waals surface area contributed by atoms with Crippen LogP contribution in [0, 0.1) is 39.8 Å². The normalized spacial score (nSPS) is 2.38. The summed E-state index contributed by atoms with van der Waals surface area (Å²) < 4.78 is 37.5. The predicted octanol–water partition coefficient (Wildman–Crippen LogP) is 1.43. The summed E-state index contributed by atoms with van der Waals surface area (Å²) in [5.41, 5.74) is 0. The Morgan fingerprint density at radius 3 is 0.875 bits per heavy atom. The van der Waals surface area contributed by atoms with Crippen LogP contribution in [-0.4, -0.2) is 0 Å². The summed E-state index contributed by atoms with van der Waals surface area (Å²) in [5.74, 6) is 0. The van der Waals surface area contributed by atoms with Crippen molar-refractivity contribution >= 4 is 11.6 Å². The van der Waals surface area contributed by atoms with Crippen molar-refractivity contribution in [3.8, 4) is 0 Å². The van der Waals surface area contributed by atoms with E-state index in [4.69, 9.17) is 41.4 Å². The van der Waals surface area contributed by atoms with Crippen molar-refractivity contribution in [2.75, 3.05) is 0 Å². The van der Waals surface area contributed by atoms with Crippen LogP contribution in [0.25, 0.3) is 4.85 Å². The maximum atomic E-state index is 7.50. The van der Waals surface area contributed by atoms with Gasteiger partial charge in [0.05, 0.1) is 6.57 Å². The van der Waals surface area contributed by atoms with E-state index >= 15 is 0 Å². The molecule has 0 aliphatic heterocycles. The molecule has 0 aromatic carbocycles. The fourth-order valence-corrected chi connectivity index (χ4v) is 0. The van der Waals surface area contributed by atoms with E-state index in [0.717, 1.165) is 0 Å². The molecule has 6 nitrogen and oxygen atoms in total. The Kier molecular flexibility index (Phi) is 857. The van der Waals surface area contributed by atoms with Crippen LogP contribution in [0.1, 0.15) is 0 Å². The number of hydrogen-bond acceptors (Lipinski definition) is 0. The van der Waals surface area contributed by atoms with E-state index in [9.17, 15) is 0 Å².